The van der Waals surface area contributed by atoms with Gasteiger partial charge < -0.3 is 10.1 Å². The minimum absolute atomic E-state index is 0.424. The molecule has 1 aliphatic carbocycles. The SMILES string of the molecule is CC(C)(C)C1CCC2OCCNC21. The Bertz CT molecular complexity index is 185. The minimum atomic E-state index is 0.424. The molecule has 2 aliphatic rings. The van der Waals surface area contributed by atoms with Crippen molar-refractivity contribution in [1.82, 2.24) is 5.32 Å². The fraction of sp³-hybridized carbons (Fsp3) is 1.00. The molecule has 1 N–H and O–H groups in total. The summed E-state index contributed by atoms with van der Waals surface area (Å²) in [6, 6.07) is 0.619. The first kappa shape index (κ1) is 9.47. The number of hydrogen-bond donors (Lipinski definition) is 1. The van der Waals surface area contributed by atoms with Crippen LogP contribution in [0.3, 0.4) is 0 Å². The molecule has 1 heterocycles. The number of nitrogens with one attached hydrogen (secondary N) is 1. The third-order valence-electron chi connectivity index (χ3n) is 3.52. The summed E-state index contributed by atoms with van der Waals surface area (Å²) in [5, 5.41) is 3.61. The number of ether oxygens (including phenoxy) is 1. The van der Waals surface area contributed by atoms with Crippen molar-refractivity contribution in [1.29, 1.82) is 0 Å². The molecule has 1 aliphatic heterocycles. The van der Waals surface area contributed by atoms with Crippen LogP contribution in [-0.4, -0.2) is 25.3 Å². The Morgan fingerprint density at radius 1 is 1.23 bits per heavy atom. The van der Waals surface area contributed by atoms with Gasteiger partial charge in [-0.15, -0.1) is 0 Å². The molecule has 13 heavy (non-hydrogen) atoms. The molecule has 2 fully saturated rings. The van der Waals surface area contributed by atoms with Crippen molar-refractivity contribution >= 4 is 0 Å². The molecule has 2 nitrogen and oxygen atoms in total. The summed E-state index contributed by atoms with van der Waals surface area (Å²) in [5.41, 5.74) is 0.424. The van der Waals surface area contributed by atoms with Crippen molar-refractivity contribution in [3.8, 4) is 0 Å². The van der Waals surface area contributed by atoms with Crippen LogP contribution in [-0.2, 0) is 4.74 Å². The second-order valence-electron chi connectivity index (χ2n) is 5.44. The lowest BCUT2D eigenvalue weighted by atomic mass is 9.77. The Labute approximate surface area is 81.0 Å². The molecular weight excluding hydrogens is 162 g/mol. The predicted molar refractivity (Wildman–Crippen MR) is 53.7 cm³/mol. The molecule has 0 aromatic heterocycles. The van der Waals surface area contributed by atoms with Gasteiger partial charge in [-0.1, -0.05) is 20.8 Å². The quantitative estimate of drug-likeness (QED) is 0.618. The normalized spacial score (nSPS) is 40.4. The molecule has 1 saturated heterocycles. The van der Waals surface area contributed by atoms with Crippen molar-refractivity contribution in [3.05, 3.63) is 0 Å². The van der Waals surface area contributed by atoms with Gasteiger partial charge in [-0.25, -0.2) is 0 Å². The van der Waals surface area contributed by atoms with Crippen molar-refractivity contribution in [3.63, 3.8) is 0 Å². The summed E-state index contributed by atoms with van der Waals surface area (Å²) in [6.07, 6.45) is 3.07. The van der Waals surface area contributed by atoms with Gasteiger partial charge in [0.2, 0.25) is 0 Å². The maximum Gasteiger partial charge on any atom is 0.0731 e. The minimum Gasteiger partial charge on any atom is -0.375 e. The lowest BCUT2D eigenvalue weighted by Crippen LogP contribution is -2.50. The van der Waals surface area contributed by atoms with Gasteiger partial charge in [0, 0.05) is 12.6 Å². The first-order chi connectivity index (χ1) is 6.09. The van der Waals surface area contributed by atoms with Gasteiger partial charge in [-0.05, 0) is 24.2 Å². The van der Waals surface area contributed by atoms with E-state index in [1.807, 2.05) is 0 Å². The van der Waals surface area contributed by atoms with Crippen molar-refractivity contribution in [2.45, 2.75) is 45.8 Å². The van der Waals surface area contributed by atoms with E-state index in [9.17, 15) is 0 Å². The molecule has 0 amide bonds. The van der Waals surface area contributed by atoms with Crippen molar-refractivity contribution in [2.75, 3.05) is 13.2 Å². The predicted octanol–water partition coefficient (Wildman–Crippen LogP) is 1.80. The van der Waals surface area contributed by atoms with Gasteiger partial charge >= 0.3 is 0 Å². The van der Waals surface area contributed by atoms with Gasteiger partial charge in [0.1, 0.15) is 0 Å². The maximum absolute atomic E-state index is 5.76. The maximum atomic E-state index is 5.76. The molecule has 0 spiro atoms. The summed E-state index contributed by atoms with van der Waals surface area (Å²) in [6.45, 7) is 8.97. The van der Waals surface area contributed by atoms with E-state index in [4.69, 9.17) is 4.74 Å². The van der Waals surface area contributed by atoms with E-state index in [-0.39, 0.29) is 0 Å². The summed E-state index contributed by atoms with van der Waals surface area (Å²) in [4.78, 5) is 0. The third kappa shape index (κ3) is 1.75. The van der Waals surface area contributed by atoms with E-state index < -0.39 is 0 Å². The van der Waals surface area contributed by atoms with Gasteiger partial charge in [0.05, 0.1) is 12.7 Å². The Kier molecular flexibility index (Phi) is 2.37. The number of morpholine rings is 1. The number of fused-ring (bicyclic) bond motifs is 1. The average molecular weight is 183 g/mol. The topological polar surface area (TPSA) is 21.3 Å². The van der Waals surface area contributed by atoms with Gasteiger partial charge in [0.15, 0.2) is 0 Å². The van der Waals surface area contributed by atoms with Crippen LogP contribution >= 0.6 is 0 Å². The van der Waals surface area contributed by atoms with E-state index in [0.717, 1.165) is 19.1 Å². The molecular formula is C11H21NO. The van der Waals surface area contributed by atoms with Crippen LogP contribution in [0.2, 0.25) is 0 Å². The van der Waals surface area contributed by atoms with E-state index in [0.29, 0.717) is 17.6 Å². The van der Waals surface area contributed by atoms with Crippen LogP contribution < -0.4 is 5.32 Å². The molecule has 0 aromatic carbocycles. The van der Waals surface area contributed by atoms with Gasteiger partial charge in [-0.2, -0.15) is 0 Å². The zero-order valence-corrected chi connectivity index (χ0v) is 8.97. The third-order valence-corrected chi connectivity index (χ3v) is 3.52. The van der Waals surface area contributed by atoms with E-state index in [1.165, 1.54) is 12.8 Å². The Hall–Kier alpha value is -0.0800. The highest BCUT2D eigenvalue weighted by Gasteiger charge is 2.43. The fourth-order valence-corrected chi connectivity index (χ4v) is 2.83. The first-order valence-corrected chi connectivity index (χ1v) is 5.44. The molecule has 2 rings (SSSR count). The second kappa shape index (κ2) is 3.25. The first-order valence-electron chi connectivity index (χ1n) is 5.44. The summed E-state index contributed by atoms with van der Waals surface area (Å²) < 4.78 is 5.76. The average Bonchev–Trinajstić information content (AvgIpc) is 2.45. The molecule has 0 bridgehead atoms. The van der Waals surface area contributed by atoms with Crippen LogP contribution in [0, 0.1) is 11.3 Å². The second-order valence-corrected chi connectivity index (χ2v) is 5.44. The van der Waals surface area contributed by atoms with Crippen molar-refractivity contribution in [2.24, 2.45) is 11.3 Å². The number of rotatable bonds is 0. The molecule has 0 radical (unpaired) electrons. The lowest BCUT2D eigenvalue weighted by Gasteiger charge is -2.37. The largest absolute Gasteiger partial charge is 0.375 e. The van der Waals surface area contributed by atoms with Crippen LogP contribution in [0.4, 0.5) is 0 Å². The molecule has 76 valence electrons. The molecule has 2 heteroatoms. The zero-order chi connectivity index (χ0) is 9.47. The van der Waals surface area contributed by atoms with Gasteiger partial charge in [-0.3, -0.25) is 0 Å². The lowest BCUT2D eigenvalue weighted by molar-refractivity contribution is -0.00543. The molecule has 1 saturated carbocycles. The van der Waals surface area contributed by atoms with Crippen LogP contribution in [0.5, 0.6) is 0 Å². The van der Waals surface area contributed by atoms with E-state index in [1.54, 1.807) is 0 Å². The Morgan fingerprint density at radius 3 is 2.69 bits per heavy atom. The monoisotopic (exact) mass is 183 g/mol. The molecule has 3 atom stereocenters. The highest BCUT2D eigenvalue weighted by Crippen LogP contribution is 2.41. The zero-order valence-electron chi connectivity index (χ0n) is 8.97. The van der Waals surface area contributed by atoms with Crippen LogP contribution in [0.25, 0.3) is 0 Å². The van der Waals surface area contributed by atoms with Gasteiger partial charge in [0.25, 0.3) is 0 Å². The standard InChI is InChI=1S/C11H21NO/c1-11(2,3)8-4-5-9-10(8)12-6-7-13-9/h8-10,12H,4-7H2,1-3H3. The highest BCUT2D eigenvalue weighted by atomic mass is 16.5. The Morgan fingerprint density at radius 2 is 2.00 bits per heavy atom. The number of hydrogen-bond acceptors (Lipinski definition) is 2. The summed E-state index contributed by atoms with van der Waals surface area (Å²) >= 11 is 0. The van der Waals surface area contributed by atoms with Crippen LogP contribution in [0.1, 0.15) is 33.6 Å². The Balaban J connectivity index is 2.07. The fourth-order valence-electron chi connectivity index (χ4n) is 2.83. The summed E-state index contributed by atoms with van der Waals surface area (Å²) in [5.74, 6) is 0.790. The van der Waals surface area contributed by atoms with Crippen LogP contribution in [0.15, 0.2) is 0 Å². The van der Waals surface area contributed by atoms with E-state index in [2.05, 4.69) is 26.1 Å². The highest BCUT2D eigenvalue weighted by molar-refractivity contribution is 4.97. The van der Waals surface area contributed by atoms with E-state index >= 15 is 0 Å². The van der Waals surface area contributed by atoms with Crippen molar-refractivity contribution < 1.29 is 4.74 Å². The smallest absolute Gasteiger partial charge is 0.0731 e. The molecule has 3 unspecified atom stereocenters. The summed E-state index contributed by atoms with van der Waals surface area (Å²) in [7, 11) is 0. The molecule has 0 aromatic rings.